The van der Waals surface area contributed by atoms with Crippen molar-refractivity contribution in [2.24, 2.45) is 28.8 Å². The number of allylic oxidation sites excluding steroid dienone is 2. The molecule has 2 aliphatic carbocycles. The van der Waals surface area contributed by atoms with E-state index >= 15 is 0 Å². The van der Waals surface area contributed by atoms with Gasteiger partial charge in [0.05, 0.1) is 33.5 Å². The summed E-state index contributed by atoms with van der Waals surface area (Å²) in [6.07, 6.45) is 5.72. The second-order valence-electron chi connectivity index (χ2n) is 8.38. The molecule has 5 rings (SSSR count). The van der Waals surface area contributed by atoms with Crippen LogP contribution >= 0.6 is 0 Å². The smallest absolute Gasteiger partial charge is 0.343 e. The number of ether oxygens (including phenoxy) is 1. The van der Waals surface area contributed by atoms with Crippen molar-refractivity contribution in [3.05, 3.63) is 86.0 Å². The van der Waals surface area contributed by atoms with Crippen molar-refractivity contribution in [2.75, 3.05) is 0 Å². The molecule has 35 heavy (non-hydrogen) atoms. The van der Waals surface area contributed by atoms with E-state index in [1.54, 1.807) is 0 Å². The first kappa shape index (κ1) is 22.1. The van der Waals surface area contributed by atoms with Gasteiger partial charge in [0, 0.05) is 23.8 Å². The van der Waals surface area contributed by atoms with Crippen LogP contribution in [-0.4, -0.2) is 38.9 Å². The molecule has 1 aliphatic heterocycles. The van der Waals surface area contributed by atoms with Gasteiger partial charge in [0.2, 0.25) is 5.75 Å². The molecule has 12 heteroatoms. The number of nitro benzene ring substituents is 2. The lowest BCUT2D eigenvalue weighted by molar-refractivity contribution is -0.385. The van der Waals surface area contributed by atoms with Gasteiger partial charge in [0.1, 0.15) is 0 Å². The predicted molar refractivity (Wildman–Crippen MR) is 118 cm³/mol. The number of para-hydroxylation sites is 1. The van der Waals surface area contributed by atoms with Gasteiger partial charge in [-0.1, -0.05) is 18.2 Å². The molecule has 2 aromatic carbocycles. The van der Waals surface area contributed by atoms with E-state index in [-0.39, 0.29) is 28.7 Å². The monoisotopic (exact) mass is 476 g/mol. The van der Waals surface area contributed by atoms with Crippen LogP contribution in [0.25, 0.3) is 0 Å². The fourth-order valence-corrected chi connectivity index (χ4v) is 4.89. The highest BCUT2D eigenvalue weighted by atomic mass is 16.6. The molecule has 1 saturated heterocycles. The maximum atomic E-state index is 12.8. The number of hydrazone groups is 1. The highest BCUT2D eigenvalue weighted by Crippen LogP contribution is 2.52. The Hall–Kier alpha value is -4.74. The Morgan fingerprint density at radius 3 is 2.17 bits per heavy atom. The van der Waals surface area contributed by atoms with Crippen LogP contribution in [0.15, 0.2) is 59.7 Å². The number of carbonyl (C=O) groups is 3. The number of fused-ring (bicyclic) bond motifs is 5. The third-order valence-electron chi connectivity index (χ3n) is 6.49. The van der Waals surface area contributed by atoms with Crippen LogP contribution in [0.2, 0.25) is 0 Å². The lowest BCUT2D eigenvalue weighted by Crippen LogP contribution is -2.28. The number of nitro groups is 2. The van der Waals surface area contributed by atoms with E-state index in [9.17, 15) is 34.6 Å². The van der Waals surface area contributed by atoms with Gasteiger partial charge in [-0.2, -0.15) is 10.1 Å². The van der Waals surface area contributed by atoms with Crippen LogP contribution in [-0.2, 0) is 9.59 Å². The normalized spacial score (nSPS) is 24.3. The van der Waals surface area contributed by atoms with Crippen LogP contribution in [0, 0.1) is 43.9 Å². The minimum absolute atomic E-state index is 0.00215. The second-order valence-corrected chi connectivity index (χ2v) is 8.38. The molecular weight excluding hydrogens is 460 g/mol. The number of amides is 2. The molecule has 0 N–H and O–H groups in total. The van der Waals surface area contributed by atoms with E-state index in [1.165, 1.54) is 12.1 Å². The average Bonchev–Trinajstić information content (AvgIpc) is 3.52. The first-order valence-corrected chi connectivity index (χ1v) is 10.6. The maximum absolute atomic E-state index is 12.8. The first-order chi connectivity index (χ1) is 16.8. The Kier molecular flexibility index (Phi) is 5.20. The topological polar surface area (TPSA) is 162 Å². The minimum Gasteiger partial charge on any atom is -0.415 e. The van der Waals surface area contributed by atoms with E-state index in [4.69, 9.17) is 4.74 Å². The van der Waals surface area contributed by atoms with Crippen molar-refractivity contribution in [3.63, 3.8) is 0 Å². The Morgan fingerprint density at radius 2 is 1.60 bits per heavy atom. The minimum atomic E-state index is -0.991. The van der Waals surface area contributed by atoms with E-state index in [0.29, 0.717) is 0 Å². The Morgan fingerprint density at radius 1 is 0.971 bits per heavy atom. The first-order valence-electron chi connectivity index (χ1n) is 10.6. The van der Waals surface area contributed by atoms with Gasteiger partial charge in [0.25, 0.3) is 17.5 Å². The molecule has 0 aromatic heterocycles. The number of rotatable bonds is 6. The number of esters is 1. The van der Waals surface area contributed by atoms with Crippen molar-refractivity contribution in [1.29, 1.82) is 0 Å². The van der Waals surface area contributed by atoms with E-state index < -0.39 is 50.9 Å². The standard InChI is InChI=1S/C23H16N4O8/c28-21-18-13-4-5-14(10-13)19(18)22(29)25(21)24-11-15-2-1-3-17(27(33)34)20(15)35-23(30)12-6-8-16(9-7-12)26(31)32/h1-9,11,13-14,18-19H,10H2. The lowest BCUT2D eigenvalue weighted by atomic mass is 9.85. The zero-order valence-electron chi connectivity index (χ0n) is 17.8. The number of carbonyl (C=O) groups excluding carboxylic acids is 3. The van der Waals surface area contributed by atoms with E-state index in [1.807, 2.05) is 12.2 Å². The SMILES string of the molecule is O=C(Oc1c(C=NN2C(=O)C3C4C=CC(C4)C3C2=O)cccc1[N+](=O)[O-])c1ccc([N+](=O)[O-])cc1. The summed E-state index contributed by atoms with van der Waals surface area (Å²) in [5.74, 6) is -3.21. The number of benzene rings is 2. The van der Waals surface area contributed by atoms with Gasteiger partial charge in [-0.05, 0) is 36.5 Å². The van der Waals surface area contributed by atoms with Crippen molar-refractivity contribution in [2.45, 2.75) is 6.42 Å². The van der Waals surface area contributed by atoms with Gasteiger partial charge < -0.3 is 4.74 Å². The van der Waals surface area contributed by atoms with Gasteiger partial charge in [-0.15, -0.1) is 0 Å². The molecule has 2 amide bonds. The molecule has 4 unspecified atom stereocenters. The molecule has 176 valence electrons. The number of nitrogens with zero attached hydrogens (tertiary/aromatic N) is 4. The number of imide groups is 1. The fourth-order valence-electron chi connectivity index (χ4n) is 4.89. The Labute approximate surface area is 196 Å². The highest BCUT2D eigenvalue weighted by molar-refractivity contribution is 6.07. The summed E-state index contributed by atoms with van der Waals surface area (Å²) in [6, 6.07) is 8.36. The molecule has 1 saturated carbocycles. The molecule has 0 spiro atoms. The molecule has 1 heterocycles. The summed E-state index contributed by atoms with van der Waals surface area (Å²) in [5.41, 5.74) is -0.860. The van der Waals surface area contributed by atoms with Crippen molar-refractivity contribution in [3.8, 4) is 5.75 Å². The summed E-state index contributed by atoms with van der Waals surface area (Å²) in [6.45, 7) is 0. The lowest BCUT2D eigenvalue weighted by Gasteiger charge is -2.13. The Bertz CT molecular complexity index is 1320. The van der Waals surface area contributed by atoms with Gasteiger partial charge in [-0.25, -0.2) is 4.79 Å². The third kappa shape index (κ3) is 3.64. The van der Waals surface area contributed by atoms with E-state index in [0.717, 1.165) is 48.0 Å². The number of non-ortho nitro benzene ring substituents is 1. The predicted octanol–water partition coefficient (Wildman–Crippen LogP) is 2.86. The summed E-state index contributed by atoms with van der Waals surface area (Å²) in [7, 11) is 0. The maximum Gasteiger partial charge on any atom is 0.343 e. The summed E-state index contributed by atoms with van der Waals surface area (Å²) >= 11 is 0. The highest BCUT2D eigenvalue weighted by Gasteiger charge is 2.59. The number of hydrogen-bond acceptors (Lipinski definition) is 9. The van der Waals surface area contributed by atoms with Crippen LogP contribution in [0.4, 0.5) is 11.4 Å². The van der Waals surface area contributed by atoms with Gasteiger partial charge >= 0.3 is 11.7 Å². The zero-order chi connectivity index (χ0) is 24.9. The Balaban J connectivity index is 1.43. The van der Waals surface area contributed by atoms with Crippen LogP contribution in [0.5, 0.6) is 5.75 Å². The molecule has 4 atom stereocenters. The zero-order valence-corrected chi connectivity index (χ0v) is 17.8. The van der Waals surface area contributed by atoms with Crippen molar-refractivity contribution < 1.29 is 29.0 Å². The second kappa shape index (κ2) is 8.24. The van der Waals surface area contributed by atoms with Crippen LogP contribution in [0.3, 0.4) is 0 Å². The van der Waals surface area contributed by atoms with Gasteiger partial charge in [0.15, 0.2) is 0 Å². The third-order valence-corrected chi connectivity index (χ3v) is 6.49. The molecule has 12 nitrogen and oxygen atoms in total. The molecule has 2 bridgehead atoms. The molecule has 0 radical (unpaired) electrons. The van der Waals surface area contributed by atoms with Crippen molar-refractivity contribution >= 4 is 35.4 Å². The van der Waals surface area contributed by atoms with E-state index in [2.05, 4.69) is 5.10 Å². The van der Waals surface area contributed by atoms with Gasteiger partial charge in [-0.3, -0.25) is 29.8 Å². The van der Waals surface area contributed by atoms with Crippen LogP contribution in [0.1, 0.15) is 22.3 Å². The molecule has 2 fully saturated rings. The fraction of sp³-hybridized carbons (Fsp3) is 0.217. The largest absolute Gasteiger partial charge is 0.415 e. The molecule has 3 aliphatic rings. The molecule has 2 aromatic rings. The van der Waals surface area contributed by atoms with Crippen LogP contribution < -0.4 is 4.74 Å². The molecular formula is C23H16N4O8. The van der Waals surface area contributed by atoms with Crippen molar-refractivity contribution in [1.82, 2.24) is 5.01 Å². The quantitative estimate of drug-likeness (QED) is 0.117. The average molecular weight is 476 g/mol. The summed E-state index contributed by atoms with van der Waals surface area (Å²) in [4.78, 5) is 59.2. The number of hydrogen-bond donors (Lipinski definition) is 0. The summed E-state index contributed by atoms with van der Waals surface area (Å²) in [5, 5.41) is 27.1. The summed E-state index contributed by atoms with van der Waals surface area (Å²) < 4.78 is 5.27.